The van der Waals surface area contributed by atoms with E-state index in [1.807, 2.05) is 31.2 Å². The molecule has 27 heavy (non-hydrogen) atoms. The summed E-state index contributed by atoms with van der Waals surface area (Å²) in [5.74, 6) is -0.0338. The maximum atomic E-state index is 12.7. The van der Waals surface area contributed by atoms with Gasteiger partial charge in [-0.3, -0.25) is 14.7 Å². The zero-order valence-corrected chi connectivity index (χ0v) is 15.7. The van der Waals surface area contributed by atoms with Crippen molar-refractivity contribution in [3.8, 4) is 11.1 Å². The Morgan fingerprint density at radius 2 is 2.07 bits per heavy atom. The highest BCUT2D eigenvalue weighted by atomic mass is 35.5. The minimum Gasteiger partial charge on any atom is -0.338 e. The van der Waals surface area contributed by atoms with Crippen LogP contribution in [-0.4, -0.2) is 38.5 Å². The first kappa shape index (κ1) is 17.5. The van der Waals surface area contributed by atoms with Crippen LogP contribution in [0.4, 0.5) is 0 Å². The van der Waals surface area contributed by atoms with Crippen LogP contribution in [0.25, 0.3) is 16.8 Å². The number of nitrogens with one attached hydrogen (secondary N) is 1. The fourth-order valence-electron chi connectivity index (χ4n) is 3.64. The van der Waals surface area contributed by atoms with Crippen LogP contribution in [0.3, 0.4) is 0 Å². The number of likely N-dealkylation sites (tertiary alicyclic amines) is 1. The lowest BCUT2D eigenvalue weighted by atomic mass is 10.0. The lowest BCUT2D eigenvalue weighted by Crippen LogP contribution is -2.25. The molecule has 3 aromatic rings. The molecule has 0 radical (unpaired) electrons. The summed E-state index contributed by atoms with van der Waals surface area (Å²) in [6.45, 7) is 6.65. The van der Waals surface area contributed by atoms with Gasteiger partial charge in [-0.15, -0.1) is 6.58 Å². The lowest BCUT2D eigenvalue weighted by Gasteiger charge is -2.13. The van der Waals surface area contributed by atoms with Crippen molar-refractivity contribution in [3.05, 3.63) is 69.8 Å². The second-order valence-electron chi connectivity index (χ2n) is 6.79. The number of carbonyl (C=O) groups is 1. The zero-order chi connectivity index (χ0) is 19.1. The lowest BCUT2D eigenvalue weighted by molar-refractivity contribution is -0.127. The van der Waals surface area contributed by atoms with Gasteiger partial charge in [-0.1, -0.05) is 29.8 Å². The average molecular weight is 383 g/mol. The molecule has 1 aliphatic rings. The standard InChI is InChI=1S/C20H19ClN4O2/c1-3-8-24-11-14(9-17(24)26)16-10-18(27)25-20(22-16)19(12(2)23-25)13-4-6-15(21)7-5-13/h3-7,10,14,23H,1,8-9,11H2,2H3. The summed E-state index contributed by atoms with van der Waals surface area (Å²) in [7, 11) is 0. The average Bonchev–Trinajstić information content (AvgIpc) is 3.16. The summed E-state index contributed by atoms with van der Waals surface area (Å²) in [6, 6.07) is 8.95. The molecule has 0 saturated carbocycles. The number of amides is 1. The number of aromatic nitrogens is 3. The topological polar surface area (TPSA) is 70.5 Å². The fraction of sp³-hybridized carbons (Fsp3) is 0.250. The smallest absolute Gasteiger partial charge is 0.272 e. The van der Waals surface area contributed by atoms with Crippen molar-refractivity contribution in [1.29, 1.82) is 0 Å². The number of halogens is 1. The molecule has 1 N–H and O–H groups in total. The minimum absolute atomic E-state index is 0.0603. The molecule has 1 fully saturated rings. The molecule has 1 aromatic carbocycles. The molecule has 1 unspecified atom stereocenters. The number of rotatable bonds is 4. The van der Waals surface area contributed by atoms with Crippen LogP contribution in [0.15, 0.2) is 47.8 Å². The molecule has 1 amide bonds. The maximum absolute atomic E-state index is 12.7. The van der Waals surface area contributed by atoms with Gasteiger partial charge in [-0.05, 0) is 24.6 Å². The number of benzene rings is 1. The first-order valence-corrected chi connectivity index (χ1v) is 9.12. The van der Waals surface area contributed by atoms with E-state index in [9.17, 15) is 9.59 Å². The normalized spacial score (nSPS) is 17.0. The predicted octanol–water partition coefficient (Wildman–Crippen LogP) is 3.15. The zero-order valence-electron chi connectivity index (χ0n) is 14.9. The molecular formula is C20H19ClN4O2. The van der Waals surface area contributed by atoms with E-state index >= 15 is 0 Å². The van der Waals surface area contributed by atoms with Crippen molar-refractivity contribution >= 4 is 23.2 Å². The highest BCUT2D eigenvalue weighted by Gasteiger charge is 2.31. The Labute approximate surface area is 161 Å². The molecule has 3 heterocycles. The number of hydrogen-bond acceptors (Lipinski definition) is 3. The molecule has 2 aromatic heterocycles. The Kier molecular flexibility index (Phi) is 4.36. The van der Waals surface area contributed by atoms with Gasteiger partial charge in [0.2, 0.25) is 5.91 Å². The van der Waals surface area contributed by atoms with E-state index in [0.29, 0.717) is 35.9 Å². The largest absolute Gasteiger partial charge is 0.338 e. The number of carbonyl (C=O) groups excluding carboxylic acids is 1. The van der Waals surface area contributed by atoms with Gasteiger partial charge in [-0.25, -0.2) is 9.50 Å². The Hall–Kier alpha value is -2.86. The Bertz CT molecular complexity index is 1100. The summed E-state index contributed by atoms with van der Waals surface area (Å²) in [5.41, 5.74) is 3.65. The van der Waals surface area contributed by atoms with Crippen LogP contribution in [-0.2, 0) is 4.79 Å². The van der Waals surface area contributed by atoms with E-state index in [2.05, 4.69) is 11.7 Å². The van der Waals surface area contributed by atoms with Crippen molar-refractivity contribution < 1.29 is 4.79 Å². The van der Waals surface area contributed by atoms with Crippen molar-refractivity contribution in [2.45, 2.75) is 19.3 Å². The molecule has 0 bridgehead atoms. The molecule has 7 heteroatoms. The van der Waals surface area contributed by atoms with E-state index in [1.54, 1.807) is 11.0 Å². The first-order chi connectivity index (χ1) is 13.0. The predicted molar refractivity (Wildman–Crippen MR) is 105 cm³/mol. The molecule has 6 nitrogen and oxygen atoms in total. The number of hydrogen-bond donors (Lipinski definition) is 1. The van der Waals surface area contributed by atoms with Crippen LogP contribution in [0.5, 0.6) is 0 Å². The van der Waals surface area contributed by atoms with E-state index in [4.69, 9.17) is 16.6 Å². The number of fused-ring (bicyclic) bond motifs is 1. The van der Waals surface area contributed by atoms with Gasteiger partial charge in [0, 0.05) is 47.8 Å². The van der Waals surface area contributed by atoms with Crippen LogP contribution in [0, 0.1) is 6.92 Å². The van der Waals surface area contributed by atoms with Crippen LogP contribution in [0.2, 0.25) is 5.02 Å². The van der Waals surface area contributed by atoms with Gasteiger partial charge in [-0.2, -0.15) is 0 Å². The Morgan fingerprint density at radius 3 is 2.78 bits per heavy atom. The second-order valence-corrected chi connectivity index (χ2v) is 7.22. The molecule has 0 aliphatic carbocycles. The van der Waals surface area contributed by atoms with Crippen LogP contribution >= 0.6 is 11.6 Å². The highest BCUT2D eigenvalue weighted by Crippen LogP contribution is 2.30. The third-order valence-corrected chi connectivity index (χ3v) is 5.18. The van der Waals surface area contributed by atoms with E-state index < -0.39 is 0 Å². The van der Waals surface area contributed by atoms with Crippen molar-refractivity contribution in [1.82, 2.24) is 19.5 Å². The number of H-pyrrole nitrogens is 1. The minimum atomic E-state index is -0.187. The third kappa shape index (κ3) is 3.06. The van der Waals surface area contributed by atoms with Gasteiger partial charge in [0.1, 0.15) is 0 Å². The van der Waals surface area contributed by atoms with Crippen molar-refractivity contribution in [2.24, 2.45) is 0 Å². The Morgan fingerprint density at radius 1 is 1.33 bits per heavy atom. The first-order valence-electron chi connectivity index (χ1n) is 8.75. The van der Waals surface area contributed by atoms with Crippen LogP contribution in [0.1, 0.15) is 23.7 Å². The summed E-state index contributed by atoms with van der Waals surface area (Å²) < 4.78 is 1.45. The van der Waals surface area contributed by atoms with Gasteiger partial charge in [0.25, 0.3) is 5.56 Å². The van der Waals surface area contributed by atoms with Gasteiger partial charge in [0.05, 0.1) is 5.69 Å². The highest BCUT2D eigenvalue weighted by molar-refractivity contribution is 6.30. The van der Waals surface area contributed by atoms with Crippen molar-refractivity contribution in [3.63, 3.8) is 0 Å². The summed E-state index contributed by atoms with van der Waals surface area (Å²) in [4.78, 5) is 31.3. The summed E-state index contributed by atoms with van der Waals surface area (Å²) in [5, 5.41) is 3.73. The van der Waals surface area contributed by atoms with Crippen LogP contribution < -0.4 is 5.56 Å². The van der Waals surface area contributed by atoms with E-state index in [0.717, 1.165) is 16.8 Å². The van der Waals surface area contributed by atoms with E-state index in [1.165, 1.54) is 10.6 Å². The Balaban J connectivity index is 1.82. The number of nitrogens with zero attached hydrogens (tertiary/aromatic N) is 3. The SMILES string of the molecule is C=CCN1CC(c2cc(=O)n3[nH]c(C)c(-c4ccc(Cl)cc4)c3n2)CC1=O. The molecular weight excluding hydrogens is 364 g/mol. The van der Waals surface area contributed by atoms with Crippen molar-refractivity contribution in [2.75, 3.05) is 13.1 Å². The quantitative estimate of drug-likeness (QED) is 0.704. The molecule has 138 valence electrons. The monoisotopic (exact) mass is 382 g/mol. The van der Waals surface area contributed by atoms with Gasteiger partial charge >= 0.3 is 0 Å². The molecule has 1 aliphatic heterocycles. The molecule has 0 spiro atoms. The maximum Gasteiger partial charge on any atom is 0.272 e. The number of aromatic amines is 1. The summed E-state index contributed by atoms with van der Waals surface area (Å²) >= 11 is 6.00. The van der Waals surface area contributed by atoms with Gasteiger partial charge in [0.15, 0.2) is 5.65 Å². The van der Waals surface area contributed by atoms with Gasteiger partial charge < -0.3 is 4.90 Å². The second kappa shape index (κ2) is 6.70. The third-order valence-electron chi connectivity index (χ3n) is 4.93. The molecule has 1 atom stereocenters. The number of aryl methyl sites for hydroxylation is 1. The molecule has 1 saturated heterocycles. The van der Waals surface area contributed by atoms with E-state index in [-0.39, 0.29) is 17.4 Å². The molecule has 4 rings (SSSR count). The summed E-state index contributed by atoms with van der Waals surface area (Å²) in [6.07, 6.45) is 2.07. The fourth-order valence-corrected chi connectivity index (χ4v) is 3.77.